The first-order valence-corrected chi connectivity index (χ1v) is 11.9. The summed E-state index contributed by atoms with van der Waals surface area (Å²) in [6.45, 7) is 0.198. The first kappa shape index (κ1) is 22.3. The van der Waals surface area contributed by atoms with Gasteiger partial charge in [-0.3, -0.25) is 10.3 Å². The van der Waals surface area contributed by atoms with Gasteiger partial charge in [0.2, 0.25) is 10.0 Å². The quantitative estimate of drug-likeness (QED) is 0.669. The van der Waals surface area contributed by atoms with Crippen LogP contribution in [0.25, 0.3) is 5.70 Å². The van der Waals surface area contributed by atoms with E-state index >= 15 is 0 Å². The zero-order valence-corrected chi connectivity index (χ0v) is 18.0. The normalized spacial score (nSPS) is 26.8. The Hall–Kier alpha value is -1.95. The van der Waals surface area contributed by atoms with Crippen LogP contribution < -0.4 is 15.0 Å². The maximum Gasteiger partial charge on any atom is 0.387 e. The maximum atomic E-state index is 12.9. The first-order chi connectivity index (χ1) is 14.8. The molecule has 2 fully saturated rings. The molecular weight excluding hydrogens is 434 g/mol. The average Bonchev–Trinajstić information content (AvgIpc) is 3.39. The maximum absolute atomic E-state index is 12.9. The molecule has 31 heavy (non-hydrogen) atoms. The fourth-order valence-electron chi connectivity index (χ4n) is 3.95. The number of nitrogens with zero attached hydrogens (tertiary/aromatic N) is 1. The van der Waals surface area contributed by atoms with Gasteiger partial charge in [0.05, 0.1) is 24.6 Å². The van der Waals surface area contributed by atoms with Crippen molar-refractivity contribution in [2.24, 2.45) is 0 Å². The number of piperidine rings is 1. The number of ether oxygens (including phenoxy) is 3. The highest BCUT2D eigenvalue weighted by atomic mass is 32.2. The Labute approximate surface area is 180 Å². The molecule has 1 spiro atoms. The van der Waals surface area contributed by atoms with E-state index in [0.29, 0.717) is 50.3 Å². The molecule has 1 aromatic rings. The van der Waals surface area contributed by atoms with Crippen molar-refractivity contribution in [3.63, 3.8) is 0 Å². The topological polar surface area (TPSA) is 86.3 Å². The van der Waals surface area contributed by atoms with Crippen LogP contribution in [0.3, 0.4) is 0 Å². The lowest BCUT2D eigenvalue weighted by atomic mass is 10.0. The number of hydrogen-bond donors (Lipinski definition) is 1. The number of hydroxylamine groups is 1. The van der Waals surface area contributed by atoms with Crippen LogP contribution in [-0.2, 0) is 19.6 Å². The molecular formula is C20H26F2N2O6S. The second-order valence-electron chi connectivity index (χ2n) is 7.81. The highest BCUT2D eigenvalue weighted by Gasteiger charge is 2.39. The molecule has 172 valence electrons. The van der Waals surface area contributed by atoms with Gasteiger partial charge in [0, 0.05) is 25.1 Å². The third-order valence-corrected chi connectivity index (χ3v) is 7.50. The van der Waals surface area contributed by atoms with Crippen molar-refractivity contribution in [2.45, 2.75) is 44.5 Å². The monoisotopic (exact) mass is 460 g/mol. The van der Waals surface area contributed by atoms with Crippen LogP contribution in [0.2, 0.25) is 0 Å². The van der Waals surface area contributed by atoms with E-state index in [1.807, 2.05) is 6.08 Å². The van der Waals surface area contributed by atoms with Crippen molar-refractivity contribution in [3.8, 4) is 11.5 Å². The lowest BCUT2D eigenvalue weighted by molar-refractivity contribution is -0.0524. The molecule has 3 heterocycles. The number of halogens is 2. The predicted molar refractivity (Wildman–Crippen MR) is 108 cm³/mol. The van der Waals surface area contributed by atoms with E-state index < -0.39 is 28.3 Å². The predicted octanol–water partition coefficient (Wildman–Crippen LogP) is 2.52. The van der Waals surface area contributed by atoms with Crippen molar-refractivity contribution in [2.75, 3.05) is 32.1 Å². The lowest BCUT2D eigenvalue weighted by Gasteiger charge is -2.32. The SMILES string of the molecule is CCS(=O)(=O)N1CCCC(Oc2cc(C3=CC4(CCOC4)ON3)ccc2OC(F)F)C1. The fourth-order valence-corrected chi connectivity index (χ4v) is 5.12. The molecule has 2 atom stereocenters. The molecule has 0 saturated carbocycles. The average molecular weight is 460 g/mol. The highest BCUT2D eigenvalue weighted by Crippen LogP contribution is 2.37. The number of benzene rings is 1. The molecule has 0 aliphatic carbocycles. The minimum Gasteiger partial charge on any atom is -0.485 e. The summed E-state index contributed by atoms with van der Waals surface area (Å²) in [5.41, 5.74) is 3.70. The van der Waals surface area contributed by atoms with E-state index in [0.717, 1.165) is 0 Å². The molecule has 8 nitrogen and oxygen atoms in total. The summed E-state index contributed by atoms with van der Waals surface area (Å²) in [5, 5.41) is 0. The zero-order valence-electron chi connectivity index (χ0n) is 17.2. The van der Waals surface area contributed by atoms with E-state index in [9.17, 15) is 17.2 Å². The summed E-state index contributed by atoms with van der Waals surface area (Å²) >= 11 is 0. The van der Waals surface area contributed by atoms with Crippen LogP contribution in [0, 0.1) is 0 Å². The molecule has 11 heteroatoms. The molecule has 4 rings (SSSR count). The van der Waals surface area contributed by atoms with Crippen LogP contribution in [0.15, 0.2) is 24.3 Å². The molecule has 2 saturated heterocycles. The van der Waals surface area contributed by atoms with Crippen LogP contribution in [0.4, 0.5) is 8.78 Å². The van der Waals surface area contributed by atoms with Crippen LogP contribution >= 0.6 is 0 Å². The zero-order chi connectivity index (χ0) is 22.1. The molecule has 3 aliphatic heterocycles. The smallest absolute Gasteiger partial charge is 0.387 e. The largest absolute Gasteiger partial charge is 0.485 e. The Morgan fingerprint density at radius 3 is 2.90 bits per heavy atom. The van der Waals surface area contributed by atoms with Gasteiger partial charge in [0.1, 0.15) is 11.7 Å². The number of alkyl halides is 2. The van der Waals surface area contributed by atoms with E-state index in [2.05, 4.69) is 10.2 Å². The standard InChI is InChI=1S/C20H26F2N2O6S/c1-2-31(25,26)24-8-3-4-15(12-24)28-18-10-14(5-6-17(18)29-19(21)22)16-11-20(30-23-16)7-9-27-13-20/h5-6,10-11,15,19,23H,2-4,7-9,12-13H2,1H3. The summed E-state index contributed by atoms with van der Waals surface area (Å²) in [7, 11) is -3.36. The van der Waals surface area contributed by atoms with Gasteiger partial charge in [-0.05, 0) is 44.0 Å². The Morgan fingerprint density at radius 1 is 1.35 bits per heavy atom. The van der Waals surface area contributed by atoms with Gasteiger partial charge in [-0.25, -0.2) is 8.42 Å². The molecule has 1 aromatic carbocycles. The van der Waals surface area contributed by atoms with Crippen LogP contribution in [0.1, 0.15) is 31.7 Å². The molecule has 3 aliphatic rings. The van der Waals surface area contributed by atoms with E-state index in [1.54, 1.807) is 19.1 Å². The van der Waals surface area contributed by atoms with Gasteiger partial charge >= 0.3 is 6.61 Å². The molecule has 0 bridgehead atoms. The third-order valence-electron chi connectivity index (χ3n) is 5.65. The molecule has 0 amide bonds. The number of rotatable bonds is 7. The van der Waals surface area contributed by atoms with E-state index in [-0.39, 0.29) is 23.8 Å². The third kappa shape index (κ3) is 4.94. The van der Waals surface area contributed by atoms with Crippen LogP contribution in [-0.4, -0.2) is 63.1 Å². The molecule has 1 N–H and O–H groups in total. The van der Waals surface area contributed by atoms with Gasteiger partial charge in [0.25, 0.3) is 0 Å². The van der Waals surface area contributed by atoms with E-state index in [4.69, 9.17) is 14.3 Å². The lowest BCUT2D eigenvalue weighted by Crippen LogP contribution is -2.44. The van der Waals surface area contributed by atoms with Crippen molar-refractivity contribution >= 4 is 15.7 Å². The highest BCUT2D eigenvalue weighted by molar-refractivity contribution is 7.89. The second-order valence-corrected chi connectivity index (χ2v) is 10.1. The molecule has 2 unspecified atom stereocenters. The van der Waals surface area contributed by atoms with Gasteiger partial charge in [-0.1, -0.05) is 0 Å². The summed E-state index contributed by atoms with van der Waals surface area (Å²) in [5.74, 6) is 0.0257. The van der Waals surface area contributed by atoms with Gasteiger partial charge in [-0.2, -0.15) is 13.1 Å². The summed E-state index contributed by atoms with van der Waals surface area (Å²) < 4.78 is 67.7. The number of sulfonamides is 1. The number of hydrogen-bond acceptors (Lipinski definition) is 7. The summed E-state index contributed by atoms with van der Waals surface area (Å²) in [4.78, 5) is 5.68. The fraction of sp³-hybridized carbons (Fsp3) is 0.600. The summed E-state index contributed by atoms with van der Waals surface area (Å²) in [6.07, 6.45) is 3.39. The molecule has 0 radical (unpaired) electrons. The minimum atomic E-state index is -3.36. The number of nitrogens with one attached hydrogen (secondary N) is 1. The van der Waals surface area contributed by atoms with Crippen molar-refractivity contribution in [1.82, 2.24) is 9.79 Å². The first-order valence-electron chi connectivity index (χ1n) is 10.3. The Kier molecular flexibility index (Phi) is 6.38. The van der Waals surface area contributed by atoms with Crippen molar-refractivity contribution in [1.29, 1.82) is 0 Å². The van der Waals surface area contributed by atoms with Crippen LogP contribution in [0.5, 0.6) is 11.5 Å². The second kappa shape index (κ2) is 8.89. The Bertz CT molecular complexity index is 934. The van der Waals surface area contributed by atoms with Crippen molar-refractivity contribution < 1.29 is 36.2 Å². The van der Waals surface area contributed by atoms with Gasteiger partial charge in [-0.15, -0.1) is 0 Å². The Morgan fingerprint density at radius 2 is 2.19 bits per heavy atom. The molecule has 0 aromatic heterocycles. The minimum absolute atomic E-state index is 0.000235. The van der Waals surface area contributed by atoms with Gasteiger partial charge < -0.3 is 14.2 Å². The summed E-state index contributed by atoms with van der Waals surface area (Å²) in [6, 6.07) is 4.65. The van der Waals surface area contributed by atoms with E-state index in [1.165, 1.54) is 10.4 Å². The van der Waals surface area contributed by atoms with Gasteiger partial charge in [0.15, 0.2) is 11.5 Å². The Balaban J connectivity index is 1.57. The van der Waals surface area contributed by atoms with Crippen molar-refractivity contribution in [3.05, 3.63) is 29.8 Å².